The van der Waals surface area contributed by atoms with Crippen molar-refractivity contribution < 1.29 is 25.2 Å². The molecule has 42 heavy (non-hydrogen) atoms. The maximum absolute atomic E-state index is 13.5. The summed E-state index contributed by atoms with van der Waals surface area (Å²) in [7, 11) is 0. The first-order valence-electron chi connectivity index (χ1n) is 13.5. The van der Waals surface area contributed by atoms with E-state index in [1.54, 1.807) is 0 Å². The molecule has 197 valence electrons. The molecule has 0 spiro atoms. The van der Waals surface area contributed by atoms with Crippen LogP contribution in [0.15, 0.2) is 103 Å². The van der Waals surface area contributed by atoms with E-state index in [-0.39, 0.29) is 5.78 Å². The van der Waals surface area contributed by atoms with Crippen LogP contribution in [-0.2, 0) is 26.9 Å². The molecule has 0 unspecified atom stereocenters. The fourth-order valence-corrected chi connectivity index (χ4v) is 6.33. The Kier molecular flexibility index (Phi) is 4.88. The number of fused-ring (bicyclic) bond motifs is 19. The second-order valence-electron chi connectivity index (χ2n) is 10.4. The molecule has 0 saturated carbocycles. The molecule has 0 saturated heterocycles. The zero-order chi connectivity index (χ0) is 27.9. The number of Topliss-reactive ketones (excluding diaryl/α,β-unsaturated/α-hetero) is 1. The molecule has 0 fully saturated rings. The number of amidine groups is 2. The number of nitrogens with zero attached hydrogens (tertiary/aromatic N) is 4. The summed E-state index contributed by atoms with van der Waals surface area (Å²) in [5.74, 6) is 3.65. The van der Waals surface area contributed by atoms with Gasteiger partial charge in [-0.2, -0.15) is 0 Å². The molecule has 0 amide bonds. The van der Waals surface area contributed by atoms with Crippen LogP contribution in [0.3, 0.4) is 0 Å². The number of benzene rings is 3. The van der Waals surface area contributed by atoms with E-state index < -0.39 is 0 Å². The number of H-pyrrole nitrogens is 3. The first kappa shape index (κ1) is 23.6. The molecule has 1 aliphatic carbocycles. The van der Waals surface area contributed by atoms with Crippen LogP contribution >= 0.6 is 0 Å². The normalized spacial score (nSPS) is 16.0. The van der Waals surface area contributed by atoms with Crippen molar-refractivity contribution in [3.63, 3.8) is 0 Å². The van der Waals surface area contributed by atoms with Gasteiger partial charge in [-0.15, -0.1) is 0 Å². The van der Waals surface area contributed by atoms with Crippen molar-refractivity contribution in [2.45, 2.75) is 6.42 Å². The molecule has 3 aliphatic rings. The van der Waals surface area contributed by atoms with Crippen LogP contribution in [0.2, 0.25) is 0 Å². The zero-order valence-electron chi connectivity index (χ0n) is 21.9. The van der Waals surface area contributed by atoms with Crippen LogP contribution in [-0.4, -0.2) is 32.4 Å². The molecular formula is C32H19N8OTi. The van der Waals surface area contributed by atoms with Crippen molar-refractivity contribution in [3.05, 3.63) is 116 Å². The Hall–Kier alpha value is -5.12. The number of ketones is 1. The maximum atomic E-state index is 13.5. The quantitative estimate of drug-likeness (QED) is 0.182. The van der Waals surface area contributed by atoms with Crippen LogP contribution in [0, 0.1) is 0 Å². The Morgan fingerprint density at radius 1 is 0.619 bits per heavy atom. The molecule has 3 aromatic carbocycles. The van der Waals surface area contributed by atoms with E-state index in [1.807, 2.05) is 99.3 Å². The number of aromatic nitrogens is 3. The van der Waals surface area contributed by atoms with Crippen molar-refractivity contribution >= 4 is 62.3 Å². The predicted octanol–water partition coefficient (Wildman–Crippen LogP) is 5.31. The first-order chi connectivity index (χ1) is 20.6. The average Bonchev–Trinajstić information content (AvgIpc) is 3.74. The van der Waals surface area contributed by atoms with Gasteiger partial charge < -0.3 is 0 Å². The van der Waals surface area contributed by atoms with Crippen LogP contribution in [0.4, 0.5) is 23.3 Å². The fourth-order valence-electron chi connectivity index (χ4n) is 5.97. The first-order valence-corrected chi connectivity index (χ1v) is 14.3. The summed E-state index contributed by atoms with van der Waals surface area (Å²) >= 11 is 1.85. The molecule has 8 bridgehead atoms. The number of aromatic amines is 3. The van der Waals surface area contributed by atoms with Crippen molar-refractivity contribution in [1.82, 2.24) is 15.0 Å². The van der Waals surface area contributed by atoms with Gasteiger partial charge in [0.15, 0.2) is 0 Å². The zero-order valence-corrected chi connectivity index (χ0v) is 23.5. The van der Waals surface area contributed by atoms with Crippen LogP contribution in [0.25, 0.3) is 21.5 Å². The molecule has 9 rings (SSSR count). The van der Waals surface area contributed by atoms with Gasteiger partial charge in [-0.3, -0.25) is 0 Å². The van der Waals surface area contributed by atoms with Gasteiger partial charge in [0.1, 0.15) is 0 Å². The molecule has 10 heteroatoms. The Bertz CT molecular complexity index is 2400. The molecule has 5 heterocycles. The molecule has 3 aromatic heterocycles. The summed E-state index contributed by atoms with van der Waals surface area (Å²) in [5.41, 5.74) is 4.52. The number of carbonyl (C=O) groups excluding carboxylic acids is 1. The van der Waals surface area contributed by atoms with E-state index in [2.05, 4.69) is 20.3 Å². The summed E-state index contributed by atoms with van der Waals surface area (Å²) in [6, 6.07) is 24.0. The SMILES string of the molecule is O=C1[C]([Ti])=CCc2c3[nH]c(c21)N=C1N=C(N=c2[nH]/c(c4ccccc24)=N\c2[nH]c(c4ccccc24)N3)c2ccccc21. The Labute approximate surface area is 249 Å². The molecule has 6 aromatic rings. The second kappa shape index (κ2) is 8.69. The predicted molar refractivity (Wildman–Crippen MR) is 158 cm³/mol. The monoisotopic (exact) mass is 579 g/mol. The van der Waals surface area contributed by atoms with Gasteiger partial charge in [-0.1, -0.05) is 18.2 Å². The number of rotatable bonds is 0. The topological polar surface area (TPSA) is 126 Å². The van der Waals surface area contributed by atoms with Gasteiger partial charge in [-0.05, 0) is 0 Å². The van der Waals surface area contributed by atoms with Crippen LogP contribution in [0.1, 0.15) is 27.0 Å². The number of hydrogen-bond acceptors (Lipinski definition) is 6. The third-order valence-electron chi connectivity index (χ3n) is 7.96. The van der Waals surface area contributed by atoms with Crippen molar-refractivity contribution in [1.29, 1.82) is 0 Å². The van der Waals surface area contributed by atoms with Gasteiger partial charge in [0.25, 0.3) is 0 Å². The van der Waals surface area contributed by atoms with Gasteiger partial charge in [0, 0.05) is 0 Å². The number of carbonyl (C=O) groups is 1. The number of aliphatic imine (C=N–C) groups is 2. The van der Waals surface area contributed by atoms with Crippen molar-refractivity contribution in [3.8, 4) is 0 Å². The third-order valence-corrected chi connectivity index (χ3v) is 8.64. The van der Waals surface area contributed by atoms with Crippen molar-refractivity contribution in [2.75, 3.05) is 5.32 Å². The fraction of sp³-hybridized carbons (Fsp3) is 0.0312. The number of allylic oxidation sites excluding steroid dienone is 2. The number of hydrogen-bond donors (Lipinski definition) is 4. The van der Waals surface area contributed by atoms with E-state index in [4.69, 9.17) is 20.0 Å². The van der Waals surface area contributed by atoms with Crippen molar-refractivity contribution in [2.24, 2.45) is 20.0 Å². The summed E-state index contributed by atoms with van der Waals surface area (Å²) in [4.78, 5) is 43.8. The van der Waals surface area contributed by atoms with E-state index in [0.29, 0.717) is 56.0 Å². The number of anilines is 2. The van der Waals surface area contributed by atoms with E-state index >= 15 is 0 Å². The standard InChI is InChI=1S/C32H19N8O.Ti/c41-23-15-7-14-22-24(23)32-39-30-21-13-6-5-12-20(21)28(37-30)35-26-17-9-2-1-8-16(17)25(33-26)34-27-18-10-3-4-11-19(18)29(36-27)38-31(22)40-32;/h1-13,36,38,40H,14H2,(H,33,34,35,37,39);. The van der Waals surface area contributed by atoms with Gasteiger partial charge in [0.05, 0.1) is 0 Å². The van der Waals surface area contributed by atoms with Gasteiger partial charge in [-0.25, -0.2) is 0 Å². The molecule has 0 radical (unpaired) electrons. The Morgan fingerprint density at radius 2 is 1.24 bits per heavy atom. The molecule has 4 N–H and O–H groups in total. The van der Waals surface area contributed by atoms with Gasteiger partial charge >= 0.3 is 232 Å². The van der Waals surface area contributed by atoms with Crippen LogP contribution < -0.4 is 16.3 Å². The minimum absolute atomic E-state index is 0.0462. The molecule has 2 aliphatic heterocycles. The summed E-state index contributed by atoms with van der Waals surface area (Å²) in [6.07, 6.45) is 2.56. The molecular weight excluding hydrogens is 560 g/mol. The third kappa shape index (κ3) is 3.38. The summed E-state index contributed by atoms with van der Waals surface area (Å²) < 4.78 is 0.701. The Balaban J connectivity index is 1.41. The van der Waals surface area contributed by atoms with Gasteiger partial charge in [0.2, 0.25) is 0 Å². The Morgan fingerprint density at radius 3 is 2.00 bits per heavy atom. The van der Waals surface area contributed by atoms with E-state index in [9.17, 15) is 4.79 Å². The molecule has 9 nitrogen and oxygen atoms in total. The number of nitrogens with one attached hydrogen (secondary N) is 4. The summed E-state index contributed by atoms with van der Waals surface area (Å²) in [6.45, 7) is 0. The van der Waals surface area contributed by atoms with Crippen LogP contribution in [0.5, 0.6) is 0 Å². The second-order valence-corrected chi connectivity index (χ2v) is 11.2. The average molecular weight is 579 g/mol. The van der Waals surface area contributed by atoms with E-state index in [1.165, 1.54) is 0 Å². The minimum atomic E-state index is -0.0462. The summed E-state index contributed by atoms with van der Waals surface area (Å²) in [5, 5.41) is 7.38. The van der Waals surface area contributed by atoms with E-state index in [0.717, 1.165) is 44.1 Å². The molecule has 0 atom stereocenters.